The van der Waals surface area contributed by atoms with Gasteiger partial charge in [0.1, 0.15) is 5.57 Å². The third kappa shape index (κ3) is 3.51. The van der Waals surface area contributed by atoms with Crippen LogP contribution in [0.4, 0.5) is 4.79 Å². The van der Waals surface area contributed by atoms with Gasteiger partial charge < -0.3 is 14.6 Å². The molecule has 0 spiro atoms. The Kier molecular flexibility index (Phi) is 4.83. The van der Waals surface area contributed by atoms with Gasteiger partial charge in [-0.1, -0.05) is 6.07 Å². The zero-order chi connectivity index (χ0) is 17.9. The normalized spacial score (nSPS) is 16.2. The summed E-state index contributed by atoms with van der Waals surface area (Å²) in [4.78, 5) is 46.5. The van der Waals surface area contributed by atoms with E-state index in [9.17, 15) is 19.2 Å². The average Bonchev–Trinajstić information content (AvgIpc) is 2.55. The predicted molar refractivity (Wildman–Crippen MR) is 80.4 cm³/mol. The Balaban J connectivity index is 2.32. The maximum atomic E-state index is 12.0. The molecule has 0 saturated carbocycles. The van der Waals surface area contributed by atoms with E-state index in [2.05, 4.69) is 0 Å². The summed E-state index contributed by atoms with van der Waals surface area (Å²) in [5.41, 5.74) is 0.231. The smallest absolute Gasteiger partial charge is 0.341 e. The topological polar surface area (TPSA) is 122 Å². The molecule has 1 aromatic carbocycles. The van der Waals surface area contributed by atoms with Crippen LogP contribution in [0.2, 0.25) is 0 Å². The van der Waals surface area contributed by atoms with Crippen molar-refractivity contribution in [1.29, 1.82) is 0 Å². The first-order valence-electron chi connectivity index (χ1n) is 6.71. The van der Waals surface area contributed by atoms with Crippen LogP contribution in [-0.2, 0) is 14.4 Å². The third-order valence-electron chi connectivity index (χ3n) is 3.15. The van der Waals surface area contributed by atoms with Crippen molar-refractivity contribution < 1.29 is 33.8 Å². The fourth-order valence-corrected chi connectivity index (χ4v) is 1.94. The van der Waals surface area contributed by atoms with Gasteiger partial charge >= 0.3 is 12.0 Å². The van der Waals surface area contributed by atoms with Gasteiger partial charge in [0.15, 0.2) is 18.1 Å². The summed E-state index contributed by atoms with van der Waals surface area (Å²) in [5, 5.41) is 10.7. The Labute approximate surface area is 136 Å². The van der Waals surface area contributed by atoms with E-state index in [0.29, 0.717) is 5.56 Å². The molecule has 0 bridgehead atoms. The Morgan fingerprint density at radius 2 is 2.00 bits per heavy atom. The highest BCUT2D eigenvalue weighted by Gasteiger charge is 2.33. The first-order valence-corrected chi connectivity index (χ1v) is 6.71. The van der Waals surface area contributed by atoms with Crippen LogP contribution in [0.15, 0.2) is 23.8 Å². The SMILES string of the molecule is COc1cc(/C=C2/C(=O)NC(=O)N(C)C2=O)ccc1OCC(=O)O. The number of benzene rings is 1. The van der Waals surface area contributed by atoms with Gasteiger partial charge in [-0.2, -0.15) is 0 Å². The lowest BCUT2D eigenvalue weighted by atomic mass is 10.1. The van der Waals surface area contributed by atoms with E-state index in [1.54, 1.807) is 0 Å². The molecule has 0 unspecified atom stereocenters. The van der Waals surface area contributed by atoms with Crippen molar-refractivity contribution in [2.24, 2.45) is 0 Å². The van der Waals surface area contributed by atoms with Gasteiger partial charge in [0.2, 0.25) is 0 Å². The van der Waals surface area contributed by atoms with Crippen LogP contribution in [0.25, 0.3) is 6.08 Å². The Hall–Kier alpha value is -3.36. The molecule has 0 aliphatic carbocycles. The molecule has 1 saturated heterocycles. The number of barbiturate groups is 1. The van der Waals surface area contributed by atoms with Crippen molar-refractivity contribution in [3.8, 4) is 11.5 Å². The van der Waals surface area contributed by atoms with Crippen LogP contribution in [0, 0.1) is 0 Å². The molecule has 1 heterocycles. The van der Waals surface area contributed by atoms with E-state index in [1.165, 1.54) is 38.4 Å². The second kappa shape index (κ2) is 6.82. The van der Waals surface area contributed by atoms with Crippen LogP contribution < -0.4 is 14.8 Å². The highest BCUT2D eigenvalue weighted by molar-refractivity contribution is 6.30. The number of imide groups is 2. The second-order valence-corrected chi connectivity index (χ2v) is 4.77. The molecule has 9 nitrogen and oxygen atoms in total. The van der Waals surface area contributed by atoms with Gasteiger partial charge in [0.05, 0.1) is 7.11 Å². The molecule has 2 rings (SSSR count). The first-order chi connectivity index (χ1) is 11.3. The third-order valence-corrected chi connectivity index (χ3v) is 3.15. The van der Waals surface area contributed by atoms with Crippen LogP contribution >= 0.6 is 0 Å². The highest BCUT2D eigenvalue weighted by Crippen LogP contribution is 2.29. The molecular formula is C15H14N2O7. The van der Waals surface area contributed by atoms with Gasteiger partial charge in [-0.05, 0) is 23.8 Å². The standard InChI is InChI=1S/C15H14N2O7/c1-17-14(21)9(13(20)16-15(17)22)5-8-3-4-10(11(6-8)23-2)24-7-12(18)19/h3-6H,7H2,1-2H3,(H,18,19)(H,16,20,22)/b9-5-. The van der Waals surface area contributed by atoms with E-state index in [4.69, 9.17) is 14.6 Å². The number of hydrogen-bond acceptors (Lipinski definition) is 6. The molecule has 24 heavy (non-hydrogen) atoms. The summed E-state index contributed by atoms with van der Waals surface area (Å²) in [7, 11) is 2.62. The van der Waals surface area contributed by atoms with Crippen LogP contribution in [0.3, 0.4) is 0 Å². The minimum absolute atomic E-state index is 0.203. The van der Waals surface area contributed by atoms with E-state index < -0.39 is 30.4 Å². The van der Waals surface area contributed by atoms with Gasteiger partial charge in [-0.3, -0.25) is 19.8 Å². The van der Waals surface area contributed by atoms with E-state index in [1.807, 2.05) is 5.32 Å². The number of carboxylic acid groups (broad SMARTS) is 1. The van der Waals surface area contributed by atoms with Crippen LogP contribution in [0.1, 0.15) is 5.56 Å². The van der Waals surface area contributed by atoms with E-state index in [0.717, 1.165) is 4.90 Å². The summed E-state index contributed by atoms with van der Waals surface area (Å²) < 4.78 is 10.2. The Morgan fingerprint density at radius 1 is 1.29 bits per heavy atom. The summed E-state index contributed by atoms with van der Waals surface area (Å²) in [6.07, 6.45) is 1.30. The Bertz CT molecular complexity index is 754. The van der Waals surface area contributed by atoms with Crippen LogP contribution in [0.5, 0.6) is 11.5 Å². The number of aliphatic carboxylic acids is 1. The number of hydrogen-bond donors (Lipinski definition) is 2. The summed E-state index contributed by atoms with van der Waals surface area (Å²) in [5.74, 6) is -2.23. The molecule has 9 heteroatoms. The number of carbonyl (C=O) groups excluding carboxylic acids is 3. The lowest BCUT2D eigenvalue weighted by Gasteiger charge is -2.22. The Morgan fingerprint density at radius 3 is 2.62 bits per heavy atom. The lowest BCUT2D eigenvalue weighted by Crippen LogP contribution is -2.52. The summed E-state index contributed by atoms with van der Waals surface area (Å²) in [6, 6.07) is 3.65. The first kappa shape index (κ1) is 17.0. The monoisotopic (exact) mass is 334 g/mol. The molecule has 0 atom stereocenters. The predicted octanol–water partition coefficient (Wildman–Crippen LogP) is 0.250. The molecule has 0 aromatic heterocycles. The fourth-order valence-electron chi connectivity index (χ4n) is 1.94. The maximum Gasteiger partial charge on any atom is 0.341 e. The summed E-state index contributed by atoms with van der Waals surface area (Å²) >= 11 is 0. The zero-order valence-corrected chi connectivity index (χ0v) is 12.9. The molecule has 1 aliphatic heterocycles. The minimum Gasteiger partial charge on any atom is -0.493 e. The van der Waals surface area contributed by atoms with Crippen molar-refractivity contribution in [1.82, 2.24) is 10.2 Å². The summed E-state index contributed by atoms with van der Waals surface area (Å²) in [6.45, 7) is -0.537. The molecule has 126 valence electrons. The molecule has 1 aliphatic rings. The number of nitrogens with one attached hydrogen (secondary N) is 1. The number of nitrogens with zero attached hydrogens (tertiary/aromatic N) is 1. The van der Waals surface area contributed by atoms with Crippen molar-refractivity contribution in [3.63, 3.8) is 0 Å². The highest BCUT2D eigenvalue weighted by atomic mass is 16.5. The second-order valence-electron chi connectivity index (χ2n) is 4.77. The van der Waals surface area contributed by atoms with Crippen molar-refractivity contribution >= 4 is 29.9 Å². The number of carboxylic acids is 1. The minimum atomic E-state index is -1.14. The van der Waals surface area contributed by atoms with Crippen molar-refractivity contribution in [2.75, 3.05) is 20.8 Å². The van der Waals surface area contributed by atoms with Crippen molar-refractivity contribution in [3.05, 3.63) is 29.3 Å². The van der Waals surface area contributed by atoms with E-state index in [-0.39, 0.29) is 17.1 Å². The van der Waals surface area contributed by atoms with Gasteiger partial charge in [0, 0.05) is 7.05 Å². The lowest BCUT2D eigenvalue weighted by molar-refractivity contribution is -0.139. The van der Waals surface area contributed by atoms with Crippen molar-refractivity contribution in [2.45, 2.75) is 0 Å². The number of methoxy groups -OCH3 is 1. The molecule has 0 radical (unpaired) electrons. The fraction of sp³-hybridized carbons (Fsp3) is 0.200. The average molecular weight is 334 g/mol. The number of ether oxygens (including phenoxy) is 2. The number of rotatable bonds is 5. The molecule has 4 amide bonds. The van der Waals surface area contributed by atoms with Crippen LogP contribution in [-0.4, -0.2) is 54.6 Å². The molecule has 2 N–H and O–H groups in total. The largest absolute Gasteiger partial charge is 0.493 e. The maximum absolute atomic E-state index is 12.0. The molecule has 1 aromatic rings. The van der Waals surface area contributed by atoms with Gasteiger partial charge in [0.25, 0.3) is 11.8 Å². The van der Waals surface area contributed by atoms with Gasteiger partial charge in [-0.25, -0.2) is 9.59 Å². The molecular weight excluding hydrogens is 320 g/mol. The molecule has 1 fully saturated rings. The van der Waals surface area contributed by atoms with E-state index >= 15 is 0 Å². The number of urea groups is 1. The quantitative estimate of drug-likeness (QED) is 0.584. The number of carbonyl (C=O) groups is 4. The number of likely N-dealkylation sites (N-methyl/N-ethyl adjacent to an activating group) is 1. The van der Waals surface area contributed by atoms with Gasteiger partial charge in [-0.15, -0.1) is 0 Å². The number of amides is 4. The zero-order valence-electron chi connectivity index (χ0n) is 12.9.